The van der Waals surface area contributed by atoms with Crippen molar-refractivity contribution in [2.45, 2.75) is 11.6 Å². The van der Waals surface area contributed by atoms with Gasteiger partial charge in [-0.15, -0.1) is 0 Å². The van der Waals surface area contributed by atoms with Crippen LogP contribution in [0, 0.1) is 0 Å². The lowest BCUT2D eigenvalue weighted by atomic mass is 10.1. The second kappa shape index (κ2) is 2.92. The number of hydrogen-bond acceptors (Lipinski definition) is 4. The van der Waals surface area contributed by atoms with Crippen LogP contribution in [0.3, 0.4) is 0 Å². The molecule has 1 aliphatic rings. The summed E-state index contributed by atoms with van der Waals surface area (Å²) in [6.07, 6.45) is 0. The molecule has 4 nitrogen and oxygen atoms in total. The first-order chi connectivity index (χ1) is 6.52. The number of aliphatic hydroxyl groups excluding tert-OH is 1. The Kier molecular flexibility index (Phi) is 2.06. The number of aliphatic hydroxyl groups is 3. The molecule has 0 bridgehead atoms. The smallest absolute Gasteiger partial charge is 0.253 e. The van der Waals surface area contributed by atoms with Crippen molar-refractivity contribution in [1.82, 2.24) is 0 Å². The van der Waals surface area contributed by atoms with Gasteiger partial charge in [0.2, 0.25) is 0 Å². The van der Waals surface area contributed by atoms with Crippen LogP contribution >= 0.6 is 11.6 Å². The molecule has 2 unspecified atom stereocenters. The van der Waals surface area contributed by atoms with E-state index < -0.39 is 18.2 Å². The summed E-state index contributed by atoms with van der Waals surface area (Å²) in [5.41, 5.74) is 0.360. The molecular weight excluding hydrogens is 208 g/mol. The highest BCUT2D eigenvalue weighted by molar-refractivity contribution is 6.30. The van der Waals surface area contributed by atoms with Crippen LogP contribution < -0.4 is 0 Å². The average Bonchev–Trinajstić information content (AvgIpc) is 2.73. The second-order valence-electron chi connectivity index (χ2n) is 3.20. The van der Waals surface area contributed by atoms with Crippen molar-refractivity contribution < 1.29 is 20.1 Å². The maximum Gasteiger partial charge on any atom is 0.253 e. The van der Waals surface area contributed by atoms with E-state index in [9.17, 15) is 10.2 Å². The minimum absolute atomic E-state index is 0.360. The Hall–Kier alpha value is -0.650. The van der Waals surface area contributed by atoms with Crippen LogP contribution in [-0.4, -0.2) is 27.7 Å². The fourth-order valence-corrected chi connectivity index (χ4v) is 1.44. The minimum atomic E-state index is -1.89. The summed E-state index contributed by atoms with van der Waals surface area (Å²) in [6, 6.07) is 6.18. The van der Waals surface area contributed by atoms with Crippen LogP contribution in [0.5, 0.6) is 0 Å². The maximum atomic E-state index is 9.73. The molecule has 1 aromatic carbocycles. The monoisotopic (exact) mass is 216 g/mol. The van der Waals surface area contributed by atoms with Gasteiger partial charge in [-0.25, -0.2) is 0 Å². The van der Waals surface area contributed by atoms with Gasteiger partial charge in [0.25, 0.3) is 11.6 Å². The van der Waals surface area contributed by atoms with Crippen molar-refractivity contribution in [3.05, 3.63) is 34.9 Å². The normalized spacial score (nSPS) is 35.7. The Bertz CT molecular complexity index is 352. The van der Waals surface area contributed by atoms with Gasteiger partial charge < -0.3 is 20.1 Å². The maximum absolute atomic E-state index is 9.73. The van der Waals surface area contributed by atoms with Gasteiger partial charge in [0, 0.05) is 10.6 Å². The van der Waals surface area contributed by atoms with Crippen molar-refractivity contribution in [2.75, 3.05) is 6.61 Å². The molecule has 1 fully saturated rings. The third-order valence-corrected chi connectivity index (χ3v) is 2.51. The predicted molar refractivity (Wildman–Crippen MR) is 48.5 cm³/mol. The van der Waals surface area contributed by atoms with Gasteiger partial charge in [-0.3, -0.25) is 0 Å². The van der Waals surface area contributed by atoms with E-state index in [4.69, 9.17) is 16.7 Å². The highest BCUT2D eigenvalue weighted by Gasteiger charge is 2.70. The van der Waals surface area contributed by atoms with Gasteiger partial charge in [-0.1, -0.05) is 23.7 Å². The molecule has 3 N–H and O–H groups in total. The molecule has 2 atom stereocenters. The van der Waals surface area contributed by atoms with Crippen LogP contribution in [-0.2, 0) is 10.5 Å². The number of ether oxygens (including phenoxy) is 1. The fourth-order valence-electron chi connectivity index (χ4n) is 1.32. The first kappa shape index (κ1) is 9.89. The van der Waals surface area contributed by atoms with Gasteiger partial charge in [0.1, 0.15) is 6.61 Å². The first-order valence-corrected chi connectivity index (χ1v) is 4.41. The summed E-state index contributed by atoms with van der Waals surface area (Å²) >= 11 is 5.65. The van der Waals surface area contributed by atoms with Crippen LogP contribution in [0.4, 0.5) is 0 Å². The minimum Gasteiger partial charge on any atom is -0.391 e. The summed E-state index contributed by atoms with van der Waals surface area (Å²) in [6.45, 7) is -0.661. The van der Waals surface area contributed by atoms with E-state index in [0.717, 1.165) is 0 Å². The standard InChI is InChI=1S/C9H9ClO4/c10-7-3-1-6(2-4-7)9(13)8(12,5-11)14-9/h1-4,11-13H,5H2. The fraction of sp³-hybridized carbons (Fsp3) is 0.333. The van der Waals surface area contributed by atoms with Crippen molar-refractivity contribution in [3.8, 4) is 0 Å². The molecule has 2 rings (SSSR count). The number of epoxide rings is 1. The van der Waals surface area contributed by atoms with Crippen LogP contribution in [0.2, 0.25) is 5.02 Å². The molecule has 0 amide bonds. The largest absolute Gasteiger partial charge is 0.391 e. The lowest BCUT2D eigenvalue weighted by Gasteiger charge is -2.08. The van der Waals surface area contributed by atoms with Crippen LogP contribution in [0.1, 0.15) is 5.56 Å². The number of rotatable bonds is 2. The molecule has 1 aliphatic heterocycles. The van der Waals surface area contributed by atoms with Gasteiger partial charge in [-0.2, -0.15) is 0 Å². The van der Waals surface area contributed by atoms with Crippen molar-refractivity contribution >= 4 is 11.6 Å². The zero-order chi connectivity index (χ0) is 10.4. The third-order valence-electron chi connectivity index (χ3n) is 2.25. The van der Waals surface area contributed by atoms with Gasteiger partial charge in [0.05, 0.1) is 0 Å². The summed E-state index contributed by atoms with van der Waals surface area (Å²) in [4.78, 5) is 0. The Labute approximate surface area is 85.3 Å². The average molecular weight is 217 g/mol. The van der Waals surface area contributed by atoms with Crippen molar-refractivity contribution in [1.29, 1.82) is 0 Å². The van der Waals surface area contributed by atoms with Gasteiger partial charge in [0.15, 0.2) is 0 Å². The summed E-state index contributed by atoms with van der Waals surface area (Å²) in [5, 5.41) is 28.4. The van der Waals surface area contributed by atoms with Gasteiger partial charge >= 0.3 is 0 Å². The molecule has 1 aromatic rings. The highest BCUT2D eigenvalue weighted by atomic mass is 35.5. The second-order valence-corrected chi connectivity index (χ2v) is 3.63. The molecule has 1 saturated heterocycles. The van der Waals surface area contributed by atoms with E-state index in [1.54, 1.807) is 12.1 Å². The van der Waals surface area contributed by atoms with E-state index in [0.29, 0.717) is 10.6 Å². The van der Waals surface area contributed by atoms with Gasteiger partial charge in [-0.05, 0) is 12.1 Å². The molecule has 0 aromatic heterocycles. The SMILES string of the molecule is OCC1(O)OC1(O)c1ccc(Cl)cc1. The molecular formula is C9H9ClO4. The van der Waals surface area contributed by atoms with E-state index in [1.807, 2.05) is 0 Å². The van der Waals surface area contributed by atoms with Crippen molar-refractivity contribution in [2.24, 2.45) is 0 Å². The van der Waals surface area contributed by atoms with E-state index in [2.05, 4.69) is 4.74 Å². The zero-order valence-corrected chi connectivity index (χ0v) is 7.90. The summed E-state index contributed by atoms with van der Waals surface area (Å²) < 4.78 is 4.69. The van der Waals surface area contributed by atoms with Crippen LogP contribution in [0.25, 0.3) is 0 Å². The number of halogens is 1. The zero-order valence-electron chi connectivity index (χ0n) is 7.14. The molecule has 0 aliphatic carbocycles. The van der Waals surface area contributed by atoms with E-state index >= 15 is 0 Å². The number of benzene rings is 1. The summed E-state index contributed by atoms with van der Waals surface area (Å²) in [7, 11) is 0. The van der Waals surface area contributed by atoms with Crippen molar-refractivity contribution in [3.63, 3.8) is 0 Å². The molecule has 1 heterocycles. The lowest BCUT2D eigenvalue weighted by Crippen LogP contribution is -2.27. The summed E-state index contributed by atoms with van der Waals surface area (Å²) in [5.74, 6) is -3.70. The Balaban J connectivity index is 2.30. The lowest BCUT2D eigenvalue weighted by molar-refractivity contribution is -0.0236. The van der Waals surface area contributed by atoms with Crippen LogP contribution in [0.15, 0.2) is 24.3 Å². The topological polar surface area (TPSA) is 73.2 Å². The van der Waals surface area contributed by atoms with E-state index in [-0.39, 0.29) is 0 Å². The molecule has 14 heavy (non-hydrogen) atoms. The third kappa shape index (κ3) is 1.24. The quantitative estimate of drug-likeness (QED) is 0.618. The Morgan fingerprint density at radius 1 is 1.21 bits per heavy atom. The predicted octanol–water partition coefficient (Wildman–Crippen LogP) is 0.196. The number of hydrogen-bond donors (Lipinski definition) is 3. The molecule has 0 saturated carbocycles. The first-order valence-electron chi connectivity index (χ1n) is 4.04. The Morgan fingerprint density at radius 3 is 2.21 bits per heavy atom. The van der Waals surface area contributed by atoms with E-state index in [1.165, 1.54) is 12.1 Å². The highest BCUT2D eigenvalue weighted by Crippen LogP contribution is 2.51. The Morgan fingerprint density at radius 2 is 1.79 bits per heavy atom. The molecule has 0 spiro atoms. The molecule has 76 valence electrons. The molecule has 5 heteroatoms. The molecule has 0 radical (unpaired) electrons.